The molecular weight excluding hydrogens is 251 g/mol. The topological polar surface area (TPSA) is 26.3 Å². The van der Waals surface area contributed by atoms with E-state index in [4.69, 9.17) is 4.74 Å². The van der Waals surface area contributed by atoms with E-state index in [0.717, 1.165) is 0 Å². The van der Waals surface area contributed by atoms with Gasteiger partial charge in [0.1, 0.15) is 17.9 Å². The minimum atomic E-state index is -0.512. The Morgan fingerprint density at radius 3 is 2.71 bits per heavy atom. The minimum Gasteiger partial charge on any atom is -0.495 e. The van der Waals surface area contributed by atoms with E-state index in [9.17, 15) is 9.18 Å². The van der Waals surface area contributed by atoms with Gasteiger partial charge in [0.05, 0.1) is 11.6 Å². The standard InChI is InChI=1S/C10H10BrFO2/c1-6(5-13)9-8(12)4-3-7(11)10(9)14-2/h3-6H,1-2H3. The molecule has 14 heavy (non-hydrogen) atoms. The lowest BCUT2D eigenvalue weighted by Crippen LogP contribution is -2.02. The van der Waals surface area contributed by atoms with Crippen molar-refractivity contribution in [2.45, 2.75) is 12.8 Å². The first-order valence-electron chi connectivity index (χ1n) is 4.09. The van der Waals surface area contributed by atoms with Crippen LogP contribution in [0.25, 0.3) is 0 Å². The van der Waals surface area contributed by atoms with Crippen LogP contribution in [0.3, 0.4) is 0 Å². The van der Waals surface area contributed by atoms with Gasteiger partial charge in [-0.2, -0.15) is 0 Å². The Hall–Kier alpha value is -0.900. The summed E-state index contributed by atoms with van der Waals surface area (Å²) >= 11 is 3.23. The van der Waals surface area contributed by atoms with Crippen molar-refractivity contribution in [3.05, 3.63) is 28.0 Å². The van der Waals surface area contributed by atoms with Gasteiger partial charge in [-0.15, -0.1) is 0 Å². The van der Waals surface area contributed by atoms with Crippen molar-refractivity contribution in [2.24, 2.45) is 0 Å². The molecule has 0 amide bonds. The third-order valence-corrected chi connectivity index (χ3v) is 2.58. The Bertz CT molecular complexity index is 352. The molecule has 0 saturated carbocycles. The predicted molar refractivity (Wildman–Crippen MR) is 55.1 cm³/mol. The van der Waals surface area contributed by atoms with E-state index in [-0.39, 0.29) is 5.56 Å². The molecule has 2 nitrogen and oxygen atoms in total. The van der Waals surface area contributed by atoms with Gasteiger partial charge in [0.15, 0.2) is 0 Å². The Kier molecular flexibility index (Phi) is 3.63. The smallest absolute Gasteiger partial charge is 0.139 e. The van der Waals surface area contributed by atoms with Crippen LogP contribution in [0.15, 0.2) is 16.6 Å². The summed E-state index contributed by atoms with van der Waals surface area (Å²) in [5, 5.41) is 0. The van der Waals surface area contributed by atoms with Gasteiger partial charge in [0.2, 0.25) is 0 Å². The summed E-state index contributed by atoms with van der Waals surface area (Å²) in [6.45, 7) is 1.63. The molecular formula is C10H10BrFO2. The van der Waals surface area contributed by atoms with Crippen LogP contribution in [0.2, 0.25) is 0 Å². The van der Waals surface area contributed by atoms with Crippen molar-refractivity contribution >= 4 is 22.2 Å². The molecule has 0 heterocycles. The van der Waals surface area contributed by atoms with Crippen LogP contribution in [0.5, 0.6) is 5.75 Å². The van der Waals surface area contributed by atoms with Gasteiger partial charge in [0.25, 0.3) is 0 Å². The zero-order valence-corrected chi connectivity index (χ0v) is 9.47. The summed E-state index contributed by atoms with van der Waals surface area (Å²) in [5.74, 6) is -0.559. The molecule has 1 aromatic rings. The van der Waals surface area contributed by atoms with E-state index in [1.807, 2.05) is 0 Å². The molecule has 4 heteroatoms. The number of carbonyl (C=O) groups excluding carboxylic acids is 1. The molecule has 0 bridgehead atoms. The predicted octanol–water partition coefficient (Wildman–Crippen LogP) is 2.90. The van der Waals surface area contributed by atoms with E-state index in [1.165, 1.54) is 13.2 Å². The van der Waals surface area contributed by atoms with E-state index in [2.05, 4.69) is 15.9 Å². The maximum Gasteiger partial charge on any atom is 0.139 e. The van der Waals surface area contributed by atoms with Crippen molar-refractivity contribution < 1.29 is 13.9 Å². The Morgan fingerprint density at radius 2 is 2.21 bits per heavy atom. The third kappa shape index (κ3) is 1.95. The number of carbonyl (C=O) groups is 1. The first kappa shape index (κ1) is 11.2. The summed E-state index contributed by atoms with van der Waals surface area (Å²) in [6, 6.07) is 2.86. The van der Waals surface area contributed by atoms with Crippen LogP contribution in [0.1, 0.15) is 18.4 Å². The van der Waals surface area contributed by atoms with Crippen LogP contribution in [-0.4, -0.2) is 13.4 Å². The minimum absolute atomic E-state index is 0.289. The molecule has 0 aliphatic rings. The molecule has 0 N–H and O–H groups in total. The lowest BCUT2D eigenvalue weighted by molar-refractivity contribution is -0.108. The number of methoxy groups -OCH3 is 1. The van der Waals surface area contributed by atoms with Crippen LogP contribution in [0.4, 0.5) is 4.39 Å². The highest BCUT2D eigenvalue weighted by Crippen LogP contribution is 2.34. The summed E-state index contributed by atoms with van der Waals surface area (Å²) < 4.78 is 19.1. The highest BCUT2D eigenvalue weighted by atomic mass is 79.9. The molecule has 0 spiro atoms. The van der Waals surface area contributed by atoms with Gasteiger partial charge in [0, 0.05) is 11.5 Å². The maximum absolute atomic E-state index is 13.4. The van der Waals surface area contributed by atoms with E-state index in [1.54, 1.807) is 13.0 Å². The van der Waals surface area contributed by atoms with E-state index < -0.39 is 11.7 Å². The number of benzene rings is 1. The molecule has 1 unspecified atom stereocenters. The van der Waals surface area contributed by atoms with Gasteiger partial charge in [-0.25, -0.2) is 4.39 Å². The van der Waals surface area contributed by atoms with Crippen molar-refractivity contribution in [3.8, 4) is 5.75 Å². The Morgan fingerprint density at radius 1 is 1.57 bits per heavy atom. The number of halogens is 2. The van der Waals surface area contributed by atoms with Gasteiger partial charge in [-0.05, 0) is 28.1 Å². The molecule has 0 aliphatic carbocycles. The van der Waals surface area contributed by atoms with Gasteiger partial charge in [-0.3, -0.25) is 0 Å². The summed E-state index contributed by atoms with van der Waals surface area (Å²) in [5.41, 5.74) is 0.289. The number of hydrogen-bond donors (Lipinski definition) is 0. The second-order valence-electron chi connectivity index (χ2n) is 2.90. The Labute approximate surface area is 90.2 Å². The van der Waals surface area contributed by atoms with E-state index >= 15 is 0 Å². The summed E-state index contributed by atoms with van der Waals surface area (Å²) in [4.78, 5) is 10.6. The largest absolute Gasteiger partial charge is 0.495 e. The van der Waals surface area contributed by atoms with E-state index in [0.29, 0.717) is 16.5 Å². The molecule has 0 radical (unpaired) electrons. The quantitative estimate of drug-likeness (QED) is 0.782. The normalized spacial score (nSPS) is 12.3. The maximum atomic E-state index is 13.4. The van der Waals surface area contributed by atoms with Crippen LogP contribution in [0, 0.1) is 5.82 Å². The van der Waals surface area contributed by atoms with Gasteiger partial charge >= 0.3 is 0 Å². The monoisotopic (exact) mass is 260 g/mol. The number of aldehydes is 1. The first-order valence-corrected chi connectivity index (χ1v) is 4.88. The molecule has 0 aromatic heterocycles. The zero-order chi connectivity index (χ0) is 10.7. The molecule has 0 saturated heterocycles. The lowest BCUT2D eigenvalue weighted by Gasteiger charge is -2.13. The van der Waals surface area contributed by atoms with Crippen LogP contribution < -0.4 is 4.74 Å². The van der Waals surface area contributed by atoms with Crippen LogP contribution in [-0.2, 0) is 4.79 Å². The van der Waals surface area contributed by atoms with Gasteiger partial charge in [-0.1, -0.05) is 6.92 Å². The van der Waals surface area contributed by atoms with Gasteiger partial charge < -0.3 is 9.53 Å². The SMILES string of the molecule is COc1c(Br)ccc(F)c1C(C)C=O. The molecule has 0 aliphatic heterocycles. The molecule has 76 valence electrons. The lowest BCUT2D eigenvalue weighted by atomic mass is 10.0. The third-order valence-electron chi connectivity index (χ3n) is 1.96. The number of rotatable bonds is 3. The molecule has 1 rings (SSSR count). The second-order valence-corrected chi connectivity index (χ2v) is 3.76. The average Bonchev–Trinajstić information content (AvgIpc) is 2.19. The fourth-order valence-corrected chi connectivity index (χ4v) is 1.76. The van der Waals surface area contributed by atoms with Crippen molar-refractivity contribution in [3.63, 3.8) is 0 Å². The first-order chi connectivity index (χ1) is 6.61. The highest BCUT2D eigenvalue weighted by molar-refractivity contribution is 9.10. The number of ether oxygens (including phenoxy) is 1. The van der Waals surface area contributed by atoms with Crippen molar-refractivity contribution in [2.75, 3.05) is 7.11 Å². The number of hydrogen-bond acceptors (Lipinski definition) is 2. The Balaban J connectivity index is 3.36. The fraction of sp³-hybridized carbons (Fsp3) is 0.300. The molecule has 1 atom stereocenters. The summed E-state index contributed by atoms with van der Waals surface area (Å²) in [6.07, 6.45) is 0.688. The van der Waals surface area contributed by atoms with Crippen molar-refractivity contribution in [1.82, 2.24) is 0 Å². The van der Waals surface area contributed by atoms with Crippen LogP contribution >= 0.6 is 15.9 Å². The molecule has 0 fully saturated rings. The fourth-order valence-electron chi connectivity index (χ4n) is 1.25. The van der Waals surface area contributed by atoms with Crippen molar-refractivity contribution in [1.29, 1.82) is 0 Å². The average molecular weight is 261 g/mol. The highest BCUT2D eigenvalue weighted by Gasteiger charge is 2.18. The summed E-state index contributed by atoms with van der Waals surface area (Å²) in [7, 11) is 1.44. The second kappa shape index (κ2) is 4.55. The zero-order valence-electron chi connectivity index (χ0n) is 7.88. The molecule has 1 aromatic carbocycles.